The zero-order chi connectivity index (χ0) is 15.4. The molecule has 2 rings (SSSR count). The summed E-state index contributed by atoms with van der Waals surface area (Å²) >= 11 is 0. The third kappa shape index (κ3) is 2.89. The molecule has 1 N–H and O–H groups in total. The largest absolute Gasteiger partial charge is 0.496 e. The van der Waals surface area contributed by atoms with Gasteiger partial charge in [0.25, 0.3) is 0 Å². The first-order chi connectivity index (χ1) is 10.1. The van der Waals surface area contributed by atoms with Gasteiger partial charge in [-0.15, -0.1) is 0 Å². The molecule has 0 spiro atoms. The van der Waals surface area contributed by atoms with Crippen molar-refractivity contribution in [3.05, 3.63) is 53.1 Å². The topological polar surface area (TPSA) is 89.4 Å². The van der Waals surface area contributed by atoms with Crippen LogP contribution in [0, 0.1) is 0 Å². The van der Waals surface area contributed by atoms with Gasteiger partial charge in [0.2, 0.25) is 5.78 Å². The summed E-state index contributed by atoms with van der Waals surface area (Å²) in [6.07, 6.45) is 1.74. The van der Waals surface area contributed by atoms with Crippen LogP contribution in [0.1, 0.15) is 39.2 Å². The van der Waals surface area contributed by atoms with Gasteiger partial charge in [-0.1, -0.05) is 19.1 Å². The number of nitrogens with zero attached hydrogens (tertiary/aromatic N) is 2. The summed E-state index contributed by atoms with van der Waals surface area (Å²) in [5.41, 5.74) is -0.0719. The van der Waals surface area contributed by atoms with Gasteiger partial charge >= 0.3 is 5.97 Å². The number of methoxy groups -OCH3 is 1. The van der Waals surface area contributed by atoms with Gasteiger partial charge in [-0.25, -0.2) is 14.8 Å². The molecule has 0 unspecified atom stereocenters. The molecule has 21 heavy (non-hydrogen) atoms. The summed E-state index contributed by atoms with van der Waals surface area (Å²) in [4.78, 5) is 31.8. The lowest BCUT2D eigenvalue weighted by atomic mass is 10.0. The maximum absolute atomic E-state index is 12.5. The highest BCUT2D eigenvalue weighted by molar-refractivity contribution is 6.14. The Morgan fingerprint density at radius 2 is 1.95 bits per heavy atom. The Morgan fingerprint density at radius 1 is 1.24 bits per heavy atom. The normalized spacial score (nSPS) is 10.2. The van der Waals surface area contributed by atoms with Crippen LogP contribution in [0.2, 0.25) is 0 Å². The van der Waals surface area contributed by atoms with E-state index in [1.54, 1.807) is 24.3 Å². The summed E-state index contributed by atoms with van der Waals surface area (Å²) in [6.45, 7) is 1.81. The minimum atomic E-state index is -1.26. The van der Waals surface area contributed by atoms with Gasteiger partial charge in [0, 0.05) is 12.6 Å². The minimum Gasteiger partial charge on any atom is -0.496 e. The predicted octanol–water partition coefficient (Wildman–Crippen LogP) is 1.98. The van der Waals surface area contributed by atoms with E-state index in [0.29, 0.717) is 18.0 Å². The van der Waals surface area contributed by atoms with Crippen LogP contribution < -0.4 is 4.74 Å². The van der Waals surface area contributed by atoms with Crippen molar-refractivity contribution in [2.75, 3.05) is 7.11 Å². The van der Waals surface area contributed by atoms with E-state index in [0.717, 1.165) is 0 Å². The Bertz CT molecular complexity index is 698. The third-order valence-corrected chi connectivity index (χ3v) is 2.95. The molecule has 1 heterocycles. The summed E-state index contributed by atoms with van der Waals surface area (Å²) in [5.74, 6) is -0.986. The highest BCUT2D eigenvalue weighted by atomic mass is 16.5. The SMILES string of the molecule is CCc1ncc(C(=O)c2ccccc2OC)c(C(=O)O)n1. The number of ether oxygens (including phenoxy) is 1. The van der Waals surface area contributed by atoms with Crippen molar-refractivity contribution in [1.82, 2.24) is 9.97 Å². The minimum absolute atomic E-state index is 0.0517. The van der Waals surface area contributed by atoms with Crippen LogP contribution in [0.3, 0.4) is 0 Å². The van der Waals surface area contributed by atoms with E-state index < -0.39 is 11.8 Å². The molecule has 0 radical (unpaired) electrons. The molecule has 0 aliphatic heterocycles. The number of carbonyl (C=O) groups excluding carboxylic acids is 1. The number of rotatable bonds is 5. The maximum atomic E-state index is 12.5. The first kappa shape index (κ1) is 14.6. The first-order valence-electron chi connectivity index (χ1n) is 6.35. The van der Waals surface area contributed by atoms with Gasteiger partial charge in [-0.05, 0) is 12.1 Å². The van der Waals surface area contributed by atoms with Crippen LogP contribution >= 0.6 is 0 Å². The second-order valence-electron chi connectivity index (χ2n) is 4.24. The molecule has 0 bridgehead atoms. The molecule has 1 aromatic carbocycles. The molecule has 0 saturated heterocycles. The van der Waals surface area contributed by atoms with E-state index >= 15 is 0 Å². The first-order valence-corrected chi connectivity index (χ1v) is 6.35. The molecular formula is C15H14N2O4. The lowest BCUT2D eigenvalue weighted by Gasteiger charge is -2.09. The number of benzene rings is 1. The molecule has 0 aliphatic rings. The number of ketones is 1. The second kappa shape index (κ2) is 6.13. The van der Waals surface area contributed by atoms with Gasteiger partial charge in [0.1, 0.15) is 11.6 Å². The quantitative estimate of drug-likeness (QED) is 0.845. The van der Waals surface area contributed by atoms with E-state index in [2.05, 4.69) is 9.97 Å². The highest BCUT2D eigenvalue weighted by Gasteiger charge is 2.22. The number of hydrogen-bond acceptors (Lipinski definition) is 5. The Labute approximate surface area is 121 Å². The third-order valence-electron chi connectivity index (χ3n) is 2.95. The second-order valence-corrected chi connectivity index (χ2v) is 4.24. The van der Waals surface area contributed by atoms with Crippen molar-refractivity contribution in [1.29, 1.82) is 0 Å². The molecule has 0 fully saturated rings. The van der Waals surface area contributed by atoms with Crippen LogP contribution in [0.15, 0.2) is 30.5 Å². The van der Waals surface area contributed by atoms with Crippen molar-refractivity contribution in [3.63, 3.8) is 0 Å². The number of aromatic carboxylic acids is 1. The summed E-state index contributed by atoms with van der Waals surface area (Å²) in [7, 11) is 1.45. The number of carboxylic acid groups (broad SMARTS) is 1. The van der Waals surface area contributed by atoms with Crippen molar-refractivity contribution < 1.29 is 19.4 Å². The van der Waals surface area contributed by atoms with Gasteiger partial charge < -0.3 is 9.84 Å². The molecule has 0 aliphatic carbocycles. The fourth-order valence-corrected chi connectivity index (χ4v) is 1.90. The van der Waals surface area contributed by atoms with Crippen molar-refractivity contribution in [2.45, 2.75) is 13.3 Å². The van der Waals surface area contributed by atoms with Crippen LogP contribution in [0.5, 0.6) is 5.75 Å². The highest BCUT2D eigenvalue weighted by Crippen LogP contribution is 2.22. The number of para-hydroxylation sites is 1. The number of carboxylic acids is 1. The van der Waals surface area contributed by atoms with E-state index in [4.69, 9.17) is 4.74 Å². The number of carbonyl (C=O) groups is 2. The Balaban J connectivity index is 2.55. The Kier molecular flexibility index (Phi) is 4.27. The van der Waals surface area contributed by atoms with Crippen molar-refractivity contribution in [2.24, 2.45) is 0 Å². The average molecular weight is 286 g/mol. The summed E-state index contributed by atoms with van der Waals surface area (Å²) < 4.78 is 5.12. The fraction of sp³-hybridized carbons (Fsp3) is 0.200. The van der Waals surface area contributed by atoms with Crippen molar-refractivity contribution in [3.8, 4) is 5.75 Å². The van der Waals surface area contributed by atoms with Crippen LogP contribution in [0.25, 0.3) is 0 Å². The number of aryl methyl sites for hydroxylation is 1. The molecule has 0 atom stereocenters. The number of hydrogen-bond donors (Lipinski definition) is 1. The van der Waals surface area contributed by atoms with E-state index in [9.17, 15) is 14.7 Å². The van der Waals surface area contributed by atoms with Crippen LogP contribution in [-0.4, -0.2) is 33.9 Å². The lowest BCUT2D eigenvalue weighted by Crippen LogP contribution is -2.15. The number of aromatic nitrogens is 2. The average Bonchev–Trinajstić information content (AvgIpc) is 2.53. The molecule has 0 amide bonds. The lowest BCUT2D eigenvalue weighted by molar-refractivity contribution is 0.0685. The molecule has 0 saturated carbocycles. The van der Waals surface area contributed by atoms with Gasteiger partial charge in [0.15, 0.2) is 5.69 Å². The molecule has 6 nitrogen and oxygen atoms in total. The molecular weight excluding hydrogens is 272 g/mol. The molecule has 2 aromatic rings. The van der Waals surface area contributed by atoms with E-state index in [1.165, 1.54) is 13.3 Å². The van der Waals surface area contributed by atoms with Gasteiger partial charge in [0.05, 0.1) is 18.2 Å². The zero-order valence-electron chi connectivity index (χ0n) is 11.7. The molecule has 108 valence electrons. The summed E-state index contributed by atoms with van der Waals surface area (Å²) in [5, 5.41) is 9.23. The summed E-state index contributed by atoms with van der Waals surface area (Å²) in [6, 6.07) is 6.61. The standard InChI is InChI=1S/C15H14N2O4/c1-3-12-16-8-10(13(17-12)15(19)20)14(18)9-6-4-5-7-11(9)21-2/h4-8H,3H2,1-2H3,(H,19,20). The maximum Gasteiger partial charge on any atom is 0.355 e. The smallest absolute Gasteiger partial charge is 0.355 e. The Morgan fingerprint density at radius 3 is 2.57 bits per heavy atom. The fourth-order valence-electron chi connectivity index (χ4n) is 1.90. The molecule has 1 aromatic heterocycles. The Hall–Kier alpha value is -2.76. The zero-order valence-corrected chi connectivity index (χ0v) is 11.7. The predicted molar refractivity (Wildman–Crippen MR) is 74.8 cm³/mol. The molecule has 6 heteroatoms. The van der Waals surface area contributed by atoms with E-state index in [1.807, 2.05) is 6.92 Å². The van der Waals surface area contributed by atoms with E-state index in [-0.39, 0.29) is 16.8 Å². The van der Waals surface area contributed by atoms with Gasteiger partial charge in [-0.3, -0.25) is 4.79 Å². The van der Waals surface area contributed by atoms with Crippen LogP contribution in [-0.2, 0) is 6.42 Å². The van der Waals surface area contributed by atoms with Crippen LogP contribution in [0.4, 0.5) is 0 Å². The van der Waals surface area contributed by atoms with Crippen molar-refractivity contribution >= 4 is 11.8 Å². The monoisotopic (exact) mass is 286 g/mol. The van der Waals surface area contributed by atoms with Gasteiger partial charge in [-0.2, -0.15) is 0 Å².